The lowest BCUT2D eigenvalue weighted by atomic mass is 10.0. The predicted octanol–water partition coefficient (Wildman–Crippen LogP) is 1.85. The van der Waals surface area contributed by atoms with Crippen LogP contribution < -0.4 is 0 Å². The molecule has 0 aromatic heterocycles. The first-order valence-electron chi connectivity index (χ1n) is 6.76. The van der Waals surface area contributed by atoms with Gasteiger partial charge in [-0.1, -0.05) is 0 Å². The molecule has 0 rings (SSSR count). The van der Waals surface area contributed by atoms with Gasteiger partial charge in [-0.15, -0.1) is 0 Å². The zero-order chi connectivity index (χ0) is 15.8. The van der Waals surface area contributed by atoms with Crippen molar-refractivity contribution in [3.63, 3.8) is 0 Å². The summed E-state index contributed by atoms with van der Waals surface area (Å²) in [6, 6.07) is 0. The van der Waals surface area contributed by atoms with Crippen molar-refractivity contribution in [2.75, 3.05) is 13.2 Å². The third-order valence-electron chi connectivity index (χ3n) is 2.20. The third kappa shape index (κ3) is 7.76. The van der Waals surface area contributed by atoms with Crippen molar-refractivity contribution in [1.29, 1.82) is 0 Å². The highest BCUT2D eigenvalue weighted by molar-refractivity contribution is 5.95. The lowest BCUT2D eigenvalue weighted by Gasteiger charge is -2.20. The van der Waals surface area contributed by atoms with Gasteiger partial charge in [0.2, 0.25) is 0 Å². The van der Waals surface area contributed by atoms with Gasteiger partial charge in [0.15, 0.2) is 5.92 Å². The molecule has 0 aliphatic rings. The molecule has 0 bridgehead atoms. The predicted molar refractivity (Wildman–Crippen MR) is 71.8 cm³/mol. The number of rotatable bonds is 7. The second kappa shape index (κ2) is 8.55. The molecule has 116 valence electrons. The maximum absolute atomic E-state index is 11.7. The van der Waals surface area contributed by atoms with Crippen LogP contribution in [0.2, 0.25) is 0 Å². The van der Waals surface area contributed by atoms with E-state index in [1.807, 2.05) is 0 Å². The molecule has 0 aromatic carbocycles. The van der Waals surface area contributed by atoms with Crippen LogP contribution in [-0.4, -0.2) is 36.7 Å². The van der Waals surface area contributed by atoms with Crippen LogP contribution >= 0.6 is 0 Å². The number of hydrogen-bond acceptors (Lipinski definition) is 6. The van der Waals surface area contributed by atoms with Crippen LogP contribution in [-0.2, 0) is 28.6 Å². The van der Waals surface area contributed by atoms with Crippen LogP contribution in [0.5, 0.6) is 0 Å². The fourth-order valence-corrected chi connectivity index (χ4v) is 1.47. The summed E-state index contributed by atoms with van der Waals surface area (Å²) in [7, 11) is 0. The van der Waals surface area contributed by atoms with E-state index in [2.05, 4.69) is 0 Å². The first-order valence-corrected chi connectivity index (χ1v) is 6.76. The molecule has 0 atom stereocenters. The highest BCUT2D eigenvalue weighted by Gasteiger charge is 2.30. The summed E-state index contributed by atoms with van der Waals surface area (Å²) in [5.74, 6) is -2.89. The summed E-state index contributed by atoms with van der Waals surface area (Å²) in [6.45, 7) is 8.88. The second-order valence-electron chi connectivity index (χ2n) is 5.18. The van der Waals surface area contributed by atoms with Gasteiger partial charge in [0, 0.05) is 6.42 Å². The van der Waals surface area contributed by atoms with Crippen molar-refractivity contribution < 1.29 is 28.6 Å². The Kier molecular flexibility index (Phi) is 7.87. The normalized spacial score (nSPS) is 11.1. The Balaban J connectivity index is 4.54. The Bertz CT molecular complexity index is 324. The Hall–Kier alpha value is -1.59. The molecule has 0 spiro atoms. The molecule has 0 heterocycles. The summed E-state index contributed by atoms with van der Waals surface area (Å²) in [6.07, 6.45) is -0.0217. The summed E-state index contributed by atoms with van der Waals surface area (Å²) >= 11 is 0. The fourth-order valence-electron chi connectivity index (χ4n) is 1.47. The van der Waals surface area contributed by atoms with Gasteiger partial charge in [0.25, 0.3) is 0 Å². The SMILES string of the molecule is CCOC(=O)C(CCC(=O)OC(C)(C)C)C(=O)OCC. The topological polar surface area (TPSA) is 78.9 Å². The molecule has 0 amide bonds. The molecule has 6 nitrogen and oxygen atoms in total. The van der Waals surface area contributed by atoms with Gasteiger partial charge in [0.1, 0.15) is 5.60 Å². The smallest absolute Gasteiger partial charge is 0.320 e. The van der Waals surface area contributed by atoms with Crippen LogP contribution in [0.25, 0.3) is 0 Å². The monoisotopic (exact) mass is 288 g/mol. The van der Waals surface area contributed by atoms with E-state index in [0.717, 1.165) is 0 Å². The van der Waals surface area contributed by atoms with Crippen molar-refractivity contribution in [1.82, 2.24) is 0 Å². The molecule has 0 aliphatic heterocycles. The van der Waals surface area contributed by atoms with Crippen LogP contribution in [0.15, 0.2) is 0 Å². The van der Waals surface area contributed by atoms with E-state index in [9.17, 15) is 14.4 Å². The molecule has 0 radical (unpaired) electrons. The Labute approximate surface area is 119 Å². The van der Waals surface area contributed by atoms with Crippen LogP contribution in [0.3, 0.4) is 0 Å². The Morgan fingerprint density at radius 3 is 1.75 bits per heavy atom. The summed E-state index contributed by atoms with van der Waals surface area (Å²) in [5.41, 5.74) is -0.597. The van der Waals surface area contributed by atoms with Crippen molar-refractivity contribution in [2.45, 2.75) is 53.1 Å². The molecule has 0 unspecified atom stereocenters. The second-order valence-corrected chi connectivity index (χ2v) is 5.18. The number of hydrogen-bond donors (Lipinski definition) is 0. The molecule has 6 heteroatoms. The molecular weight excluding hydrogens is 264 g/mol. The van der Waals surface area contributed by atoms with E-state index in [-0.39, 0.29) is 26.1 Å². The maximum atomic E-state index is 11.7. The van der Waals surface area contributed by atoms with Gasteiger partial charge in [-0.2, -0.15) is 0 Å². The highest BCUT2D eigenvalue weighted by atomic mass is 16.6. The minimum Gasteiger partial charge on any atom is -0.465 e. The number of ether oxygens (including phenoxy) is 3. The average Bonchev–Trinajstić information content (AvgIpc) is 2.27. The molecule has 20 heavy (non-hydrogen) atoms. The van der Waals surface area contributed by atoms with Gasteiger partial charge in [0.05, 0.1) is 13.2 Å². The van der Waals surface area contributed by atoms with Crippen molar-refractivity contribution in [3.05, 3.63) is 0 Å². The number of carbonyl (C=O) groups is 3. The minimum absolute atomic E-state index is 0.0204. The van der Waals surface area contributed by atoms with E-state index in [1.54, 1.807) is 34.6 Å². The van der Waals surface area contributed by atoms with Gasteiger partial charge in [-0.3, -0.25) is 14.4 Å². The molecule has 0 aliphatic carbocycles. The molecule has 0 aromatic rings. The number of carbonyl (C=O) groups excluding carboxylic acids is 3. The highest BCUT2D eigenvalue weighted by Crippen LogP contribution is 2.15. The van der Waals surface area contributed by atoms with Gasteiger partial charge in [-0.25, -0.2) is 0 Å². The van der Waals surface area contributed by atoms with E-state index in [1.165, 1.54) is 0 Å². The van der Waals surface area contributed by atoms with Crippen LogP contribution in [0.4, 0.5) is 0 Å². The van der Waals surface area contributed by atoms with Gasteiger partial charge in [-0.05, 0) is 41.0 Å². The quantitative estimate of drug-likeness (QED) is 0.404. The Morgan fingerprint density at radius 1 is 0.950 bits per heavy atom. The largest absolute Gasteiger partial charge is 0.465 e. The molecule has 0 saturated carbocycles. The third-order valence-corrected chi connectivity index (χ3v) is 2.20. The summed E-state index contributed by atoms with van der Waals surface area (Å²) < 4.78 is 14.7. The molecule has 0 saturated heterocycles. The average molecular weight is 288 g/mol. The molecular formula is C14H24O6. The van der Waals surface area contributed by atoms with Crippen molar-refractivity contribution in [3.8, 4) is 0 Å². The van der Waals surface area contributed by atoms with Crippen molar-refractivity contribution >= 4 is 17.9 Å². The van der Waals surface area contributed by atoms with E-state index >= 15 is 0 Å². The lowest BCUT2D eigenvalue weighted by Crippen LogP contribution is -2.30. The van der Waals surface area contributed by atoms with E-state index in [0.29, 0.717) is 0 Å². The van der Waals surface area contributed by atoms with Crippen molar-refractivity contribution in [2.24, 2.45) is 5.92 Å². The van der Waals surface area contributed by atoms with Crippen LogP contribution in [0, 0.1) is 5.92 Å². The van der Waals surface area contributed by atoms with E-state index < -0.39 is 29.4 Å². The van der Waals surface area contributed by atoms with Crippen LogP contribution in [0.1, 0.15) is 47.5 Å². The summed E-state index contributed by atoms with van der Waals surface area (Å²) in [4.78, 5) is 35.0. The molecule has 0 N–H and O–H groups in total. The first-order chi connectivity index (χ1) is 9.21. The lowest BCUT2D eigenvalue weighted by molar-refractivity contribution is -0.162. The first kappa shape index (κ1) is 18.4. The Morgan fingerprint density at radius 2 is 1.40 bits per heavy atom. The fraction of sp³-hybridized carbons (Fsp3) is 0.786. The van der Waals surface area contributed by atoms with Gasteiger partial charge >= 0.3 is 17.9 Å². The number of esters is 3. The zero-order valence-electron chi connectivity index (χ0n) is 12.9. The van der Waals surface area contributed by atoms with Gasteiger partial charge < -0.3 is 14.2 Å². The minimum atomic E-state index is -1.08. The molecule has 0 fully saturated rings. The van der Waals surface area contributed by atoms with E-state index in [4.69, 9.17) is 14.2 Å². The zero-order valence-corrected chi connectivity index (χ0v) is 12.9. The maximum Gasteiger partial charge on any atom is 0.320 e. The standard InChI is InChI=1S/C14H24O6/c1-6-18-12(16)10(13(17)19-7-2)8-9-11(15)20-14(3,4)5/h10H,6-9H2,1-5H3. The summed E-state index contributed by atoms with van der Waals surface area (Å²) in [5, 5.41) is 0.